The molecule has 0 spiro atoms. The minimum absolute atomic E-state index is 0.0291. The van der Waals surface area contributed by atoms with Crippen molar-refractivity contribution >= 4 is 27.5 Å². The normalized spacial score (nSPS) is 23.2. The molecule has 1 saturated carbocycles. The topological polar surface area (TPSA) is 117 Å². The van der Waals surface area contributed by atoms with Gasteiger partial charge in [-0.05, 0) is 64.7 Å². The number of rotatable bonds is 7. The molecule has 38 heavy (non-hydrogen) atoms. The Balaban J connectivity index is 1.30. The molecule has 3 fully saturated rings. The highest BCUT2D eigenvalue weighted by Gasteiger charge is 2.46. The van der Waals surface area contributed by atoms with E-state index in [2.05, 4.69) is 9.97 Å². The van der Waals surface area contributed by atoms with Crippen LogP contribution in [0.15, 0.2) is 29.4 Å². The molecule has 2 aromatic rings. The fourth-order valence-corrected chi connectivity index (χ4v) is 7.05. The predicted octanol–water partition coefficient (Wildman–Crippen LogP) is 5.18. The van der Waals surface area contributed by atoms with E-state index in [1.165, 1.54) is 31.6 Å². The Labute approximate surface area is 227 Å². The number of benzene rings is 1. The van der Waals surface area contributed by atoms with E-state index in [4.69, 9.17) is 30.5 Å². The van der Waals surface area contributed by atoms with Gasteiger partial charge in [0.2, 0.25) is 5.75 Å². The van der Waals surface area contributed by atoms with Crippen molar-refractivity contribution in [1.29, 1.82) is 0 Å². The van der Waals surface area contributed by atoms with Crippen molar-refractivity contribution in [2.45, 2.75) is 93.2 Å². The average molecular weight is 566 g/mol. The van der Waals surface area contributed by atoms with Crippen molar-refractivity contribution in [3.8, 4) is 23.3 Å². The van der Waals surface area contributed by atoms with E-state index in [9.17, 15) is 13.2 Å². The van der Waals surface area contributed by atoms with Gasteiger partial charge in [0.05, 0.1) is 22.3 Å². The molecular formula is C26H32ClN3O7S. The Bertz CT molecular complexity index is 1310. The number of carbonyl (C=O) groups is 1. The summed E-state index contributed by atoms with van der Waals surface area (Å²) in [7, 11) is -1.92. The molecule has 2 aliphatic heterocycles. The molecule has 0 N–H and O–H groups in total. The second kappa shape index (κ2) is 10.1. The van der Waals surface area contributed by atoms with Crippen LogP contribution >= 0.6 is 11.6 Å². The monoisotopic (exact) mass is 565 g/mol. The predicted molar refractivity (Wildman–Crippen MR) is 139 cm³/mol. The molecule has 2 unspecified atom stereocenters. The fourth-order valence-electron chi connectivity index (χ4n) is 5.08. The van der Waals surface area contributed by atoms with E-state index < -0.39 is 15.4 Å². The zero-order chi connectivity index (χ0) is 27.2. The van der Waals surface area contributed by atoms with Gasteiger partial charge in [0.1, 0.15) is 23.8 Å². The molecule has 2 saturated heterocycles. The summed E-state index contributed by atoms with van der Waals surface area (Å²) in [5.74, 6) is 0.733. The van der Waals surface area contributed by atoms with Crippen LogP contribution in [0.2, 0.25) is 5.02 Å². The van der Waals surface area contributed by atoms with Crippen LogP contribution in [-0.2, 0) is 14.6 Å². The second-order valence-electron chi connectivity index (χ2n) is 10.9. The summed E-state index contributed by atoms with van der Waals surface area (Å²) in [6.07, 6.45) is 5.24. The van der Waals surface area contributed by atoms with E-state index in [0.717, 1.165) is 12.8 Å². The van der Waals surface area contributed by atoms with Gasteiger partial charge in [0, 0.05) is 24.9 Å². The highest BCUT2D eigenvalue weighted by Crippen LogP contribution is 2.43. The summed E-state index contributed by atoms with van der Waals surface area (Å²) in [6.45, 7) is 5.59. The van der Waals surface area contributed by atoms with Crippen molar-refractivity contribution in [2.75, 3.05) is 7.11 Å². The SMILES string of the molecule is COc1c(Oc2ccc(S(=O)(=O)C3CC3)cc2Cl)ncnc1OC1CC2CC[C@@H](C1)N2C(=O)OC(C)(C)C. The largest absolute Gasteiger partial charge is 0.487 e. The second-order valence-corrected chi connectivity index (χ2v) is 13.6. The van der Waals surface area contributed by atoms with E-state index in [1.807, 2.05) is 25.7 Å². The summed E-state index contributed by atoms with van der Waals surface area (Å²) in [4.78, 5) is 23.2. The molecular weight excluding hydrogens is 534 g/mol. The number of fused-ring (bicyclic) bond motifs is 2. The number of amides is 1. The van der Waals surface area contributed by atoms with Crippen LogP contribution in [0.4, 0.5) is 4.79 Å². The Morgan fingerprint density at radius 2 is 1.71 bits per heavy atom. The van der Waals surface area contributed by atoms with Gasteiger partial charge in [-0.1, -0.05) is 11.6 Å². The van der Waals surface area contributed by atoms with Crippen molar-refractivity contribution < 1.29 is 32.2 Å². The zero-order valence-corrected chi connectivity index (χ0v) is 23.4. The molecule has 0 radical (unpaired) electrons. The third kappa shape index (κ3) is 5.49. The number of carbonyl (C=O) groups excluding carboxylic acids is 1. The van der Waals surface area contributed by atoms with Gasteiger partial charge in [-0.25, -0.2) is 13.2 Å². The fraction of sp³-hybridized carbons (Fsp3) is 0.577. The summed E-state index contributed by atoms with van der Waals surface area (Å²) < 4.78 is 48.4. The number of hydrogen-bond acceptors (Lipinski definition) is 9. The van der Waals surface area contributed by atoms with Crippen molar-refractivity contribution in [3.05, 3.63) is 29.5 Å². The summed E-state index contributed by atoms with van der Waals surface area (Å²) in [5.41, 5.74) is -0.552. The lowest BCUT2D eigenvalue weighted by molar-refractivity contribution is -0.00797. The van der Waals surface area contributed by atoms with Crippen LogP contribution in [-0.4, -0.2) is 65.5 Å². The van der Waals surface area contributed by atoms with Crippen molar-refractivity contribution in [2.24, 2.45) is 0 Å². The molecule has 3 heterocycles. The minimum atomic E-state index is -3.38. The molecule has 1 aromatic carbocycles. The smallest absolute Gasteiger partial charge is 0.410 e. The standard InChI is InChI=1S/C26H32ClN3O7S/c1-26(2,3)37-25(31)30-15-5-6-16(30)12-17(11-15)35-23-22(34-4)24(29-14-28-23)36-21-10-9-19(13-20(21)27)38(32,33)18-7-8-18/h9-10,13-18H,5-8,11-12H2,1-4H3/t15-,16?,17?/m0/s1. The lowest BCUT2D eigenvalue weighted by Gasteiger charge is -2.39. The Morgan fingerprint density at radius 3 is 2.29 bits per heavy atom. The van der Waals surface area contributed by atoms with Gasteiger partial charge in [0.25, 0.3) is 11.8 Å². The van der Waals surface area contributed by atoms with Crippen LogP contribution in [0.1, 0.15) is 59.3 Å². The summed E-state index contributed by atoms with van der Waals surface area (Å²) in [5, 5.41) is -0.195. The third-order valence-electron chi connectivity index (χ3n) is 6.92. The van der Waals surface area contributed by atoms with E-state index in [-0.39, 0.29) is 62.7 Å². The first-order chi connectivity index (χ1) is 18.0. The van der Waals surface area contributed by atoms with E-state index in [0.29, 0.717) is 25.7 Å². The number of methoxy groups -OCH3 is 1. The van der Waals surface area contributed by atoms with Crippen LogP contribution in [0.5, 0.6) is 23.3 Å². The summed E-state index contributed by atoms with van der Waals surface area (Å²) in [6, 6.07) is 4.43. The average Bonchev–Trinajstić information content (AvgIpc) is 3.65. The van der Waals surface area contributed by atoms with Gasteiger partial charge in [-0.2, -0.15) is 9.97 Å². The van der Waals surface area contributed by atoms with Crippen molar-refractivity contribution in [3.63, 3.8) is 0 Å². The van der Waals surface area contributed by atoms with Gasteiger partial charge in [0.15, 0.2) is 9.84 Å². The first-order valence-corrected chi connectivity index (χ1v) is 14.7. The highest BCUT2D eigenvalue weighted by atomic mass is 35.5. The number of hydrogen-bond donors (Lipinski definition) is 0. The third-order valence-corrected chi connectivity index (χ3v) is 9.47. The molecule has 3 aliphatic rings. The zero-order valence-electron chi connectivity index (χ0n) is 21.8. The molecule has 2 bridgehead atoms. The number of halogens is 1. The van der Waals surface area contributed by atoms with Crippen LogP contribution in [0.25, 0.3) is 0 Å². The van der Waals surface area contributed by atoms with Gasteiger partial charge >= 0.3 is 6.09 Å². The first-order valence-electron chi connectivity index (χ1n) is 12.7. The molecule has 206 valence electrons. The van der Waals surface area contributed by atoms with Gasteiger partial charge < -0.3 is 23.8 Å². The maximum Gasteiger partial charge on any atom is 0.410 e. The quantitative estimate of drug-likeness (QED) is 0.447. The number of sulfone groups is 1. The molecule has 12 heteroatoms. The maximum absolute atomic E-state index is 12.8. The number of aromatic nitrogens is 2. The molecule has 1 amide bonds. The van der Waals surface area contributed by atoms with Crippen LogP contribution < -0.4 is 14.2 Å². The molecule has 1 aliphatic carbocycles. The molecule has 3 atom stereocenters. The number of piperidine rings is 1. The number of nitrogens with zero attached hydrogens (tertiary/aromatic N) is 3. The molecule has 5 rings (SSSR count). The minimum Gasteiger partial charge on any atom is -0.487 e. The maximum atomic E-state index is 12.8. The van der Waals surface area contributed by atoms with Crippen molar-refractivity contribution in [1.82, 2.24) is 14.9 Å². The van der Waals surface area contributed by atoms with Crippen LogP contribution in [0, 0.1) is 0 Å². The Morgan fingerprint density at radius 1 is 1.05 bits per heavy atom. The van der Waals surface area contributed by atoms with E-state index >= 15 is 0 Å². The lowest BCUT2D eigenvalue weighted by atomic mass is 10.0. The van der Waals surface area contributed by atoms with Gasteiger partial charge in [-0.15, -0.1) is 0 Å². The summed E-state index contributed by atoms with van der Waals surface area (Å²) >= 11 is 6.37. The Kier molecular flexibility index (Phi) is 7.10. The van der Waals surface area contributed by atoms with Crippen LogP contribution in [0.3, 0.4) is 0 Å². The first kappa shape index (κ1) is 26.8. The van der Waals surface area contributed by atoms with Gasteiger partial charge in [-0.3, -0.25) is 0 Å². The Hall–Kier alpha value is -2.79. The highest BCUT2D eigenvalue weighted by molar-refractivity contribution is 7.92. The molecule has 10 nitrogen and oxygen atoms in total. The van der Waals surface area contributed by atoms with E-state index in [1.54, 1.807) is 0 Å². The lowest BCUT2D eigenvalue weighted by Crippen LogP contribution is -2.50. The molecule has 1 aromatic heterocycles. The number of ether oxygens (including phenoxy) is 4.